The molecule has 0 unspecified atom stereocenters. The van der Waals surface area contributed by atoms with E-state index in [0.717, 1.165) is 25.7 Å². The topological polar surface area (TPSA) is 26.3 Å². The Balaban J connectivity index is 3.00. The van der Waals surface area contributed by atoms with Gasteiger partial charge in [0, 0.05) is 12.0 Å². The van der Waals surface area contributed by atoms with Crippen LogP contribution in [0.15, 0.2) is 12.7 Å². The van der Waals surface area contributed by atoms with Crippen LogP contribution in [-0.4, -0.2) is 18.5 Å². The van der Waals surface area contributed by atoms with E-state index in [1.54, 1.807) is 0 Å². The monoisotopic (exact) mass is 190 g/mol. The van der Waals surface area contributed by atoms with Crippen LogP contribution in [0.4, 0.5) is 0 Å². The highest BCUT2D eigenvalue weighted by atomic mass is 35.5. The number of alkyl halides is 1. The largest absolute Gasteiger partial charge is 0.463 e. The highest BCUT2D eigenvalue weighted by Crippen LogP contribution is 2.01. The summed E-state index contributed by atoms with van der Waals surface area (Å²) in [5.41, 5.74) is 0. The summed E-state index contributed by atoms with van der Waals surface area (Å²) in [6.07, 6.45) is 5.30. The van der Waals surface area contributed by atoms with Gasteiger partial charge in [-0.2, -0.15) is 0 Å². The molecule has 2 nitrogen and oxygen atoms in total. The van der Waals surface area contributed by atoms with Crippen LogP contribution in [0.25, 0.3) is 0 Å². The second kappa shape index (κ2) is 8.60. The molecule has 0 aliphatic heterocycles. The predicted octanol–water partition coefficient (Wildman–Crippen LogP) is 2.51. The van der Waals surface area contributed by atoms with Crippen LogP contribution in [0.2, 0.25) is 0 Å². The number of hydrogen-bond donors (Lipinski definition) is 0. The summed E-state index contributed by atoms with van der Waals surface area (Å²) in [5.74, 6) is 0.374. The number of ether oxygens (including phenoxy) is 1. The van der Waals surface area contributed by atoms with E-state index in [4.69, 9.17) is 16.3 Å². The lowest BCUT2D eigenvalue weighted by Crippen LogP contribution is -2.01. The minimum Gasteiger partial charge on any atom is -0.463 e. The van der Waals surface area contributed by atoms with Crippen molar-refractivity contribution >= 4 is 17.6 Å². The summed E-state index contributed by atoms with van der Waals surface area (Å²) in [6.45, 7) is 3.79. The van der Waals surface area contributed by atoms with E-state index in [-0.39, 0.29) is 5.97 Å². The van der Waals surface area contributed by atoms with Crippen LogP contribution in [-0.2, 0) is 9.53 Å². The van der Waals surface area contributed by atoms with Gasteiger partial charge >= 0.3 is 5.97 Å². The molecule has 0 aliphatic carbocycles. The maximum Gasteiger partial charge on any atom is 0.330 e. The maximum atomic E-state index is 10.5. The average molecular weight is 191 g/mol. The first kappa shape index (κ1) is 11.5. The Morgan fingerprint density at radius 1 is 1.33 bits per heavy atom. The Labute approximate surface area is 78.5 Å². The molecule has 0 aromatic heterocycles. The predicted molar refractivity (Wildman–Crippen MR) is 50.3 cm³/mol. The molecule has 0 amide bonds. The number of unbranched alkanes of at least 4 members (excludes halogenated alkanes) is 3. The minimum absolute atomic E-state index is 0.340. The van der Waals surface area contributed by atoms with Crippen molar-refractivity contribution in [3.63, 3.8) is 0 Å². The van der Waals surface area contributed by atoms with E-state index >= 15 is 0 Å². The SMILES string of the molecule is C=CC(=O)OCCCCCCCl. The lowest BCUT2D eigenvalue weighted by atomic mass is 10.2. The molecule has 0 saturated heterocycles. The molecule has 0 radical (unpaired) electrons. The van der Waals surface area contributed by atoms with Crippen LogP contribution < -0.4 is 0 Å². The van der Waals surface area contributed by atoms with Crippen molar-refractivity contribution in [2.24, 2.45) is 0 Å². The fourth-order valence-corrected chi connectivity index (χ4v) is 0.971. The first-order chi connectivity index (χ1) is 5.81. The van der Waals surface area contributed by atoms with Gasteiger partial charge in [0.2, 0.25) is 0 Å². The highest BCUT2D eigenvalue weighted by molar-refractivity contribution is 6.17. The van der Waals surface area contributed by atoms with Gasteiger partial charge in [0.05, 0.1) is 6.61 Å². The number of esters is 1. The summed E-state index contributed by atoms with van der Waals surface area (Å²) in [4.78, 5) is 10.5. The zero-order valence-corrected chi connectivity index (χ0v) is 7.98. The number of carbonyl (C=O) groups is 1. The van der Waals surface area contributed by atoms with Crippen LogP contribution >= 0.6 is 11.6 Å². The van der Waals surface area contributed by atoms with Gasteiger partial charge in [0.1, 0.15) is 0 Å². The Kier molecular flexibility index (Phi) is 8.24. The minimum atomic E-state index is -0.340. The summed E-state index contributed by atoms with van der Waals surface area (Å²) in [5, 5.41) is 0. The highest BCUT2D eigenvalue weighted by Gasteiger charge is 1.94. The Hall–Kier alpha value is -0.500. The van der Waals surface area contributed by atoms with Crippen molar-refractivity contribution < 1.29 is 9.53 Å². The second-order valence-electron chi connectivity index (χ2n) is 2.47. The number of rotatable bonds is 7. The van der Waals surface area contributed by atoms with Crippen molar-refractivity contribution in [1.82, 2.24) is 0 Å². The van der Waals surface area contributed by atoms with Crippen molar-refractivity contribution in [2.75, 3.05) is 12.5 Å². The zero-order valence-electron chi connectivity index (χ0n) is 7.22. The van der Waals surface area contributed by atoms with E-state index in [1.165, 1.54) is 6.08 Å². The van der Waals surface area contributed by atoms with Crippen molar-refractivity contribution in [2.45, 2.75) is 25.7 Å². The molecule has 0 rings (SSSR count). The van der Waals surface area contributed by atoms with Gasteiger partial charge in [-0.05, 0) is 12.8 Å². The third-order valence-corrected chi connectivity index (χ3v) is 1.71. The molecule has 0 atom stereocenters. The molecular weight excluding hydrogens is 176 g/mol. The average Bonchev–Trinajstić information content (AvgIpc) is 2.10. The molecule has 0 saturated carbocycles. The Morgan fingerprint density at radius 2 is 2.00 bits per heavy atom. The van der Waals surface area contributed by atoms with Gasteiger partial charge in [0.25, 0.3) is 0 Å². The number of hydrogen-bond acceptors (Lipinski definition) is 2. The van der Waals surface area contributed by atoms with Crippen LogP contribution in [0.3, 0.4) is 0 Å². The molecule has 0 heterocycles. The molecule has 12 heavy (non-hydrogen) atoms. The first-order valence-corrected chi connectivity index (χ1v) is 4.70. The fourth-order valence-electron chi connectivity index (χ4n) is 0.782. The zero-order chi connectivity index (χ0) is 9.23. The molecule has 0 spiro atoms. The molecular formula is C9H15ClO2. The van der Waals surface area contributed by atoms with Gasteiger partial charge in [-0.15, -0.1) is 11.6 Å². The van der Waals surface area contributed by atoms with Gasteiger partial charge in [0.15, 0.2) is 0 Å². The Morgan fingerprint density at radius 3 is 2.58 bits per heavy atom. The summed E-state index contributed by atoms with van der Waals surface area (Å²) >= 11 is 5.49. The molecule has 0 fully saturated rings. The summed E-state index contributed by atoms with van der Waals surface area (Å²) in [6, 6.07) is 0. The maximum absolute atomic E-state index is 10.5. The molecule has 0 aliphatic rings. The number of halogens is 1. The second-order valence-corrected chi connectivity index (χ2v) is 2.85. The molecule has 70 valence electrons. The van der Waals surface area contributed by atoms with Crippen molar-refractivity contribution in [3.8, 4) is 0 Å². The third kappa shape index (κ3) is 7.61. The molecule has 0 aromatic carbocycles. The van der Waals surface area contributed by atoms with Crippen LogP contribution in [0.1, 0.15) is 25.7 Å². The molecule has 0 aromatic rings. The lowest BCUT2D eigenvalue weighted by molar-refractivity contribution is -0.137. The van der Waals surface area contributed by atoms with E-state index < -0.39 is 0 Å². The van der Waals surface area contributed by atoms with Gasteiger partial charge in [-0.3, -0.25) is 0 Å². The first-order valence-electron chi connectivity index (χ1n) is 4.16. The van der Waals surface area contributed by atoms with E-state index in [9.17, 15) is 4.79 Å². The third-order valence-electron chi connectivity index (χ3n) is 1.44. The lowest BCUT2D eigenvalue weighted by Gasteiger charge is -2.00. The van der Waals surface area contributed by atoms with Crippen LogP contribution in [0, 0.1) is 0 Å². The van der Waals surface area contributed by atoms with Gasteiger partial charge in [-0.25, -0.2) is 4.79 Å². The van der Waals surface area contributed by atoms with Crippen molar-refractivity contribution in [3.05, 3.63) is 12.7 Å². The van der Waals surface area contributed by atoms with Crippen molar-refractivity contribution in [1.29, 1.82) is 0 Å². The number of carbonyl (C=O) groups excluding carboxylic acids is 1. The van der Waals surface area contributed by atoms with E-state index in [1.807, 2.05) is 0 Å². The van der Waals surface area contributed by atoms with Gasteiger partial charge in [-0.1, -0.05) is 19.4 Å². The quantitative estimate of drug-likeness (QED) is 0.267. The van der Waals surface area contributed by atoms with Gasteiger partial charge < -0.3 is 4.74 Å². The molecule has 0 N–H and O–H groups in total. The molecule has 3 heteroatoms. The standard InChI is InChI=1S/C9H15ClO2/c1-2-9(11)12-8-6-4-3-5-7-10/h2H,1,3-8H2. The summed E-state index contributed by atoms with van der Waals surface area (Å²) < 4.78 is 4.78. The smallest absolute Gasteiger partial charge is 0.330 e. The fraction of sp³-hybridized carbons (Fsp3) is 0.667. The van der Waals surface area contributed by atoms with E-state index in [0.29, 0.717) is 12.5 Å². The summed E-state index contributed by atoms with van der Waals surface area (Å²) in [7, 11) is 0. The molecule has 0 bridgehead atoms. The van der Waals surface area contributed by atoms with Crippen LogP contribution in [0.5, 0.6) is 0 Å². The normalized spacial score (nSPS) is 9.42. The van der Waals surface area contributed by atoms with E-state index in [2.05, 4.69) is 6.58 Å². The Bertz CT molecular complexity index is 134.